The third-order valence-electron chi connectivity index (χ3n) is 6.23. The van der Waals surface area contributed by atoms with E-state index in [1.54, 1.807) is 28.8 Å². The van der Waals surface area contributed by atoms with Crippen molar-refractivity contribution in [3.05, 3.63) is 99.7 Å². The SMILES string of the molecule is Cc1ccc2ncc(C(=O)Nc3cc(C(=O)C[C@@H]4c5ccc(Cl)cc5C[C@@H]4O)ccc3F)n2c1. The number of imidazole rings is 1. The summed E-state index contributed by atoms with van der Waals surface area (Å²) in [5, 5.41) is 13.6. The summed E-state index contributed by atoms with van der Waals surface area (Å²) in [7, 11) is 0. The van der Waals surface area contributed by atoms with Gasteiger partial charge in [-0.15, -0.1) is 0 Å². The number of amides is 1. The fourth-order valence-electron chi connectivity index (χ4n) is 4.49. The van der Waals surface area contributed by atoms with Crippen LogP contribution in [0.15, 0.2) is 60.9 Å². The van der Waals surface area contributed by atoms with E-state index in [1.807, 2.05) is 19.1 Å². The highest BCUT2D eigenvalue weighted by molar-refractivity contribution is 6.30. The Hall–Kier alpha value is -3.55. The summed E-state index contributed by atoms with van der Waals surface area (Å²) < 4.78 is 16.1. The Morgan fingerprint density at radius 3 is 2.85 bits per heavy atom. The zero-order chi connectivity index (χ0) is 24.0. The molecule has 5 rings (SSSR count). The van der Waals surface area contributed by atoms with Crippen LogP contribution in [0.2, 0.25) is 5.02 Å². The Labute approximate surface area is 200 Å². The molecule has 1 aliphatic carbocycles. The summed E-state index contributed by atoms with van der Waals surface area (Å²) in [6.45, 7) is 1.89. The van der Waals surface area contributed by atoms with Crippen LogP contribution in [0.1, 0.15) is 49.9 Å². The van der Waals surface area contributed by atoms with Crippen LogP contribution >= 0.6 is 11.6 Å². The van der Waals surface area contributed by atoms with Gasteiger partial charge >= 0.3 is 0 Å². The van der Waals surface area contributed by atoms with Crippen molar-refractivity contribution in [2.24, 2.45) is 0 Å². The van der Waals surface area contributed by atoms with Crippen molar-refractivity contribution < 1.29 is 19.1 Å². The molecule has 0 unspecified atom stereocenters. The monoisotopic (exact) mass is 477 g/mol. The fraction of sp³-hybridized carbons (Fsp3) is 0.192. The number of nitrogens with zero attached hydrogens (tertiary/aromatic N) is 2. The number of pyridine rings is 1. The molecule has 0 spiro atoms. The molecule has 8 heteroatoms. The number of hydrogen-bond donors (Lipinski definition) is 2. The number of carbonyl (C=O) groups is 2. The topological polar surface area (TPSA) is 83.7 Å². The molecule has 1 aliphatic rings. The van der Waals surface area contributed by atoms with Gasteiger partial charge in [-0.25, -0.2) is 9.37 Å². The maximum atomic E-state index is 14.5. The molecular formula is C26H21ClFN3O3. The number of fused-ring (bicyclic) bond motifs is 2. The molecule has 34 heavy (non-hydrogen) atoms. The lowest BCUT2D eigenvalue weighted by Crippen LogP contribution is -2.18. The first-order chi connectivity index (χ1) is 16.3. The van der Waals surface area contributed by atoms with Gasteiger partial charge in [-0.3, -0.25) is 14.0 Å². The van der Waals surface area contributed by atoms with Crippen molar-refractivity contribution in [3.8, 4) is 0 Å². The zero-order valence-electron chi connectivity index (χ0n) is 18.3. The van der Waals surface area contributed by atoms with E-state index in [9.17, 15) is 19.1 Å². The van der Waals surface area contributed by atoms with Crippen LogP contribution in [0.3, 0.4) is 0 Å². The summed E-state index contributed by atoms with van der Waals surface area (Å²) in [5.41, 5.74) is 3.75. The number of hydrogen-bond acceptors (Lipinski definition) is 4. The minimum atomic E-state index is -0.698. The minimum Gasteiger partial charge on any atom is -0.392 e. The number of aryl methyl sites for hydroxylation is 1. The van der Waals surface area contributed by atoms with Crippen molar-refractivity contribution in [3.63, 3.8) is 0 Å². The van der Waals surface area contributed by atoms with E-state index < -0.39 is 17.8 Å². The fourth-order valence-corrected chi connectivity index (χ4v) is 4.68. The highest BCUT2D eigenvalue weighted by Gasteiger charge is 2.33. The highest BCUT2D eigenvalue weighted by Crippen LogP contribution is 2.38. The number of aliphatic hydroxyl groups excluding tert-OH is 1. The van der Waals surface area contributed by atoms with Crippen LogP contribution in [0, 0.1) is 12.7 Å². The molecule has 0 radical (unpaired) electrons. The van der Waals surface area contributed by atoms with Crippen molar-refractivity contribution in [1.82, 2.24) is 9.38 Å². The number of aliphatic hydroxyl groups is 1. The van der Waals surface area contributed by atoms with E-state index in [2.05, 4.69) is 10.3 Å². The lowest BCUT2D eigenvalue weighted by molar-refractivity contribution is 0.0920. The molecule has 2 heterocycles. The normalized spacial score (nSPS) is 17.1. The Morgan fingerprint density at radius 2 is 2.03 bits per heavy atom. The van der Waals surface area contributed by atoms with Crippen LogP contribution in [-0.4, -0.2) is 32.3 Å². The first kappa shape index (κ1) is 22.3. The number of halogens is 2. The van der Waals surface area contributed by atoms with Crippen LogP contribution in [0.25, 0.3) is 5.65 Å². The highest BCUT2D eigenvalue weighted by atomic mass is 35.5. The number of aromatic nitrogens is 2. The van der Waals surface area contributed by atoms with Gasteiger partial charge in [0.1, 0.15) is 17.2 Å². The largest absolute Gasteiger partial charge is 0.392 e. The molecule has 0 aliphatic heterocycles. The van der Waals surface area contributed by atoms with E-state index in [0.717, 1.165) is 22.8 Å². The van der Waals surface area contributed by atoms with Gasteiger partial charge in [-0.2, -0.15) is 0 Å². The molecular weight excluding hydrogens is 457 g/mol. The van der Waals surface area contributed by atoms with E-state index in [0.29, 0.717) is 17.1 Å². The maximum absolute atomic E-state index is 14.5. The summed E-state index contributed by atoms with van der Waals surface area (Å²) in [4.78, 5) is 30.1. The second-order valence-electron chi connectivity index (χ2n) is 8.58. The molecule has 0 bridgehead atoms. The predicted octanol–water partition coefficient (Wildman–Crippen LogP) is 4.96. The van der Waals surface area contributed by atoms with Crippen LogP contribution < -0.4 is 5.32 Å². The van der Waals surface area contributed by atoms with Crippen molar-refractivity contribution >= 4 is 34.6 Å². The quantitative estimate of drug-likeness (QED) is 0.398. The minimum absolute atomic E-state index is 0.0569. The Kier molecular flexibility index (Phi) is 5.67. The number of rotatable bonds is 5. The van der Waals surface area contributed by atoms with Crippen LogP contribution in [0.4, 0.5) is 10.1 Å². The third-order valence-corrected chi connectivity index (χ3v) is 6.46. The first-order valence-corrected chi connectivity index (χ1v) is 11.2. The second kappa shape index (κ2) is 8.66. The van der Waals surface area contributed by atoms with E-state index >= 15 is 0 Å². The van der Waals surface area contributed by atoms with Gasteiger partial charge in [0.05, 0.1) is 18.0 Å². The molecule has 2 aromatic carbocycles. The molecule has 2 N–H and O–H groups in total. The summed E-state index contributed by atoms with van der Waals surface area (Å²) in [6, 6.07) is 12.9. The third kappa shape index (κ3) is 4.08. The molecule has 2 aromatic heterocycles. The first-order valence-electron chi connectivity index (χ1n) is 10.8. The number of carbonyl (C=O) groups excluding carboxylic acids is 2. The molecule has 6 nitrogen and oxygen atoms in total. The lowest BCUT2D eigenvalue weighted by Gasteiger charge is -2.16. The molecule has 1 amide bonds. The lowest BCUT2D eigenvalue weighted by atomic mass is 9.91. The average molecular weight is 478 g/mol. The van der Waals surface area contributed by atoms with E-state index in [1.165, 1.54) is 18.3 Å². The van der Waals surface area contributed by atoms with E-state index in [-0.39, 0.29) is 35.1 Å². The molecule has 0 fully saturated rings. The Morgan fingerprint density at radius 1 is 1.21 bits per heavy atom. The Bertz CT molecular complexity index is 1450. The van der Waals surface area contributed by atoms with E-state index in [4.69, 9.17) is 11.6 Å². The van der Waals surface area contributed by atoms with Gasteiger partial charge in [-0.05, 0) is 66.4 Å². The van der Waals surface area contributed by atoms with Crippen molar-refractivity contribution in [2.45, 2.75) is 31.8 Å². The van der Waals surface area contributed by atoms with Gasteiger partial charge in [-0.1, -0.05) is 23.7 Å². The summed E-state index contributed by atoms with van der Waals surface area (Å²) >= 11 is 6.05. The number of anilines is 1. The number of nitrogens with one attached hydrogen (secondary N) is 1. The molecule has 172 valence electrons. The van der Waals surface area contributed by atoms with Crippen LogP contribution in [-0.2, 0) is 6.42 Å². The average Bonchev–Trinajstić information content (AvgIpc) is 3.35. The van der Waals surface area contributed by atoms with Gasteiger partial charge in [0.15, 0.2) is 5.78 Å². The number of Topliss-reactive ketones (excluding diaryl/α,β-unsaturated/α-hetero) is 1. The van der Waals surface area contributed by atoms with Crippen molar-refractivity contribution in [1.29, 1.82) is 0 Å². The zero-order valence-corrected chi connectivity index (χ0v) is 19.0. The van der Waals surface area contributed by atoms with Crippen molar-refractivity contribution in [2.75, 3.05) is 5.32 Å². The number of ketones is 1. The second-order valence-corrected chi connectivity index (χ2v) is 9.01. The summed E-state index contributed by atoms with van der Waals surface area (Å²) in [5.74, 6) is -1.83. The molecule has 0 saturated heterocycles. The predicted molar refractivity (Wildman–Crippen MR) is 127 cm³/mol. The van der Waals surface area contributed by atoms with Gasteiger partial charge in [0, 0.05) is 29.1 Å². The van der Waals surface area contributed by atoms with Crippen LogP contribution in [0.5, 0.6) is 0 Å². The number of benzene rings is 2. The Balaban J connectivity index is 1.37. The molecule has 2 atom stereocenters. The summed E-state index contributed by atoms with van der Waals surface area (Å²) in [6.07, 6.45) is 2.97. The standard InChI is InChI=1S/C26H21ClFN3O3/c1-14-2-7-25-29-12-22(31(25)13-14)26(34)30-21-9-15(3-6-20(21)28)23(32)11-19-18-5-4-17(27)8-16(18)10-24(19)33/h2-9,12-13,19,24,33H,10-11H2,1H3,(H,30,34)/t19-,24+/m1/s1. The molecule has 0 saturated carbocycles. The maximum Gasteiger partial charge on any atom is 0.274 e. The smallest absolute Gasteiger partial charge is 0.274 e. The van der Waals surface area contributed by atoms with Gasteiger partial charge in [0.25, 0.3) is 5.91 Å². The van der Waals surface area contributed by atoms with Gasteiger partial charge in [0.2, 0.25) is 0 Å². The molecule has 4 aromatic rings. The van der Waals surface area contributed by atoms with Gasteiger partial charge < -0.3 is 10.4 Å².